The highest BCUT2D eigenvalue weighted by Crippen LogP contribution is 2.55. The minimum absolute atomic E-state index is 0.0169. The lowest BCUT2D eigenvalue weighted by atomic mass is 9.59. The van der Waals surface area contributed by atoms with Crippen molar-refractivity contribution in [3.63, 3.8) is 0 Å². The summed E-state index contributed by atoms with van der Waals surface area (Å²) in [4.78, 5) is 18.6. The maximum Gasteiger partial charge on any atom is 0.245 e. The van der Waals surface area contributed by atoms with E-state index in [-0.39, 0.29) is 16.9 Å². The van der Waals surface area contributed by atoms with Gasteiger partial charge in [0, 0.05) is 31.9 Å². The molecule has 1 aliphatic carbocycles. The molecule has 1 spiro atoms. The number of ether oxygens (including phenoxy) is 1. The molecule has 1 amide bonds. The van der Waals surface area contributed by atoms with Crippen LogP contribution in [-0.4, -0.2) is 53.9 Å². The molecule has 0 N–H and O–H groups in total. The largest absolute Gasteiger partial charge is 0.470 e. The Hall–Kier alpha value is -3.16. The van der Waals surface area contributed by atoms with Gasteiger partial charge in [-0.1, -0.05) is 6.58 Å². The number of carbonyl (C=O) groups is 1. The molecule has 4 heterocycles. The average Bonchev–Trinajstić information content (AvgIpc) is 3.39. The second-order valence-corrected chi connectivity index (χ2v) is 8.61. The maximum absolute atomic E-state index is 11.9. The summed E-state index contributed by atoms with van der Waals surface area (Å²) in [7, 11) is 1.88. The van der Waals surface area contributed by atoms with E-state index in [1.165, 1.54) is 6.08 Å². The molecule has 1 saturated carbocycles. The SMILES string of the molecule is C=CC(=O)N1CCC2(C1)CC(C)(Oc1nc(-c3cnn(C)c3)cn3nccc13)C2. The summed E-state index contributed by atoms with van der Waals surface area (Å²) in [5.41, 5.74) is 2.36. The van der Waals surface area contributed by atoms with Crippen molar-refractivity contribution in [2.45, 2.75) is 31.8 Å². The third kappa shape index (κ3) is 2.99. The lowest BCUT2D eigenvalue weighted by molar-refractivity contribution is -0.128. The number of rotatable bonds is 4. The van der Waals surface area contributed by atoms with Crippen molar-refractivity contribution in [2.75, 3.05) is 13.1 Å². The van der Waals surface area contributed by atoms with Crippen LogP contribution in [0.1, 0.15) is 26.2 Å². The molecule has 1 saturated heterocycles. The number of amides is 1. The van der Waals surface area contributed by atoms with E-state index >= 15 is 0 Å². The number of aromatic nitrogens is 5. The van der Waals surface area contributed by atoms with Crippen LogP contribution in [0.3, 0.4) is 0 Å². The van der Waals surface area contributed by atoms with E-state index in [1.54, 1.807) is 21.6 Å². The van der Waals surface area contributed by atoms with E-state index < -0.39 is 0 Å². The van der Waals surface area contributed by atoms with Gasteiger partial charge >= 0.3 is 0 Å². The number of nitrogens with zero attached hydrogens (tertiary/aromatic N) is 6. The number of carbonyl (C=O) groups excluding carboxylic acids is 1. The summed E-state index contributed by atoms with van der Waals surface area (Å²) >= 11 is 0. The summed E-state index contributed by atoms with van der Waals surface area (Å²) in [6.45, 7) is 7.30. The van der Waals surface area contributed by atoms with Gasteiger partial charge in [-0.25, -0.2) is 9.50 Å². The summed E-state index contributed by atoms with van der Waals surface area (Å²) < 4.78 is 10.0. The van der Waals surface area contributed by atoms with E-state index in [2.05, 4.69) is 23.7 Å². The predicted octanol–water partition coefficient (Wildman–Crippen LogP) is 2.47. The highest BCUT2D eigenvalue weighted by molar-refractivity contribution is 5.87. The van der Waals surface area contributed by atoms with Crippen molar-refractivity contribution in [2.24, 2.45) is 12.5 Å². The van der Waals surface area contributed by atoms with Gasteiger partial charge in [-0.05, 0) is 43.7 Å². The Kier molecular flexibility index (Phi) is 3.81. The van der Waals surface area contributed by atoms with E-state index in [0.717, 1.165) is 49.1 Å². The van der Waals surface area contributed by atoms with Crippen molar-refractivity contribution < 1.29 is 9.53 Å². The number of fused-ring (bicyclic) bond motifs is 1. The Morgan fingerprint density at radius 1 is 1.31 bits per heavy atom. The number of hydrogen-bond donors (Lipinski definition) is 0. The standard InChI is InChI=1S/C21H24N6O2/c1-4-18(28)26-8-6-21(14-26)12-20(2,13-21)29-19-17-5-7-22-27(17)11-16(24-19)15-9-23-25(3)10-15/h4-5,7,9-11H,1,6,8,12-14H2,2-3H3. The molecule has 8 nitrogen and oxygen atoms in total. The Morgan fingerprint density at radius 2 is 2.14 bits per heavy atom. The van der Waals surface area contributed by atoms with Gasteiger partial charge in [0.15, 0.2) is 0 Å². The topological polar surface area (TPSA) is 77.6 Å². The van der Waals surface area contributed by atoms with Gasteiger partial charge in [0.05, 0.1) is 24.3 Å². The third-order valence-corrected chi connectivity index (χ3v) is 6.12. The number of aryl methyl sites for hydroxylation is 1. The summed E-state index contributed by atoms with van der Waals surface area (Å²) in [6, 6.07) is 1.91. The molecule has 3 aromatic rings. The normalized spacial score (nSPS) is 26.1. The van der Waals surface area contributed by atoms with Gasteiger partial charge in [-0.2, -0.15) is 10.2 Å². The quantitative estimate of drug-likeness (QED) is 0.638. The first-order valence-electron chi connectivity index (χ1n) is 9.83. The van der Waals surface area contributed by atoms with Gasteiger partial charge in [-0.15, -0.1) is 0 Å². The Bertz CT molecular complexity index is 1110. The lowest BCUT2D eigenvalue weighted by Gasteiger charge is -2.52. The molecule has 0 aromatic carbocycles. The Morgan fingerprint density at radius 3 is 2.86 bits per heavy atom. The fourth-order valence-corrected chi connectivity index (χ4v) is 5.05. The van der Waals surface area contributed by atoms with Crippen LogP contribution < -0.4 is 4.74 Å². The molecule has 3 aromatic heterocycles. The summed E-state index contributed by atoms with van der Waals surface area (Å²) in [5.74, 6) is 0.599. The van der Waals surface area contributed by atoms with Gasteiger partial charge < -0.3 is 9.64 Å². The van der Waals surface area contributed by atoms with Gasteiger partial charge in [0.1, 0.15) is 11.1 Å². The molecule has 0 radical (unpaired) electrons. The van der Waals surface area contributed by atoms with Crippen LogP contribution in [0.5, 0.6) is 5.88 Å². The van der Waals surface area contributed by atoms with E-state index in [1.807, 2.05) is 30.4 Å². The fourth-order valence-electron chi connectivity index (χ4n) is 5.05. The van der Waals surface area contributed by atoms with Crippen LogP contribution in [0, 0.1) is 5.41 Å². The van der Waals surface area contributed by atoms with Crippen molar-refractivity contribution >= 4 is 11.4 Å². The first-order valence-corrected chi connectivity index (χ1v) is 9.83. The van der Waals surface area contributed by atoms with Gasteiger partial charge in [-0.3, -0.25) is 9.48 Å². The van der Waals surface area contributed by atoms with Crippen LogP contribution in [0.2, 0.25) is 0 Å². The zero-order valence-corrected chi connectivity index (χ0v) is 16.7. The first kappa shape index (κ1) is 17.9. The van der Waals surface area contributed by atoms with E-state index in [4.69, 9.17) is 9.72 Å². The Labute approximate surface area is 168 Å². The molecule has 8 heteroatoms. The highest BCUT2D eigenvalue weighted by Gasteiger charge is 2.57. The molecular formula is C21H24N6O2. The molecule has 5 rings (SSSR count). The molecular weight excluding hydrogens is 368 g/mol. The minimum atomic E-state index is -0.307. The van der Waals surface area contributed by atoms with Crippen molar-refractivity contribution in [3.8, 4) is 17.1 Å². The predicted molar refractivity (Wildman–Crippen MR) is 107 cm³/mol. The van der Waals surface area contributed by atoms with E-state index in [9.17, 15) is 4.79 Å². The van der Waals surface area contributed by atoms with Crippen LogP contribution in [0.15, 0.2) is 43.5 Å². The highest BCUT2D eigenvalue weighted by atomic mass is 16.5. The number of likely N-dealkylation sites (tertiary alicyclic amines) is 1. The van der Waals surface area contributed by atoms with Crippen LogP contribution in [0.4, 0.5) is 0 Å². The summed E-state index contributed by atoms with van der Waals surface area (Å²) in [6.07, 6.45) is 11.6. The zero-order valence-electron chi connectivity index (χ0n) is 16.7. The summed E-state index contributed by atoms with van der Waals surface area (Å²) in [5, 5.41) is 8.61. The number of hydrogen-bond acceptors (Lipinski definition) is 5. The molecule has 2 aliphatic rings. The first-order chi connectivity index (χ1) is 13.9. The van der Waals surface area contributed by atoms with Crippen LogP contribution in [0.25, 0.3) is 16.8 Å². The smallest absolute Gasteiger partial charge is 0.245 e. The fraction of sp³-hybridized carbons (Fsp3) is 0.429. The van der Waals surface area contributed by atoms with Gasteiger partial charge in [0.2, 0.25) is 11.8 Å². The van der Waals surface area contributed by atoms with Crippen LogP contribution in [-0.2, 0) is 11.8 Å². The van der Waals surface area contributed by atoms with Crippen molar-refractivity contribution in [1.82, 2.24) is 29.3 Å². The second-order valence-electron chi connectivity index (χ2n) is 8.61. The second kappa shape index (κ2) is 6.17. The Balaban J connectivity index is 1.39. The van der Waals surface area contributed by atoms with E-state index in [0.29, 0.717) is 5.88 Å². The third-order valence-electron chi connectivity index (χ3n) is 6.12. The molecule has 0 unspecified atom stereocenters. The molecule has 2 fully saturated rings. The molecule has 1 aliphatic heterocycles. The molecule has 29 heavy (non-hydrogen) atoms. The lowest BCUT2D eigenvalue weighted by Crippen LogP contribution is -2.55. The monoisotopic (exact) mass is 392 g/mol. The van der Waals surface area contributed by atoms with Crippen molar-refractivity contribution in [3.05, 3.63) is 43.5 Å². The van der Waals surface area contributed by atoms with Crippen LogP contribution >= 0.6 is 0 Å². The molecule has 0 bridgehead atoms. The minimum Gasteiger partial charge on any atom is -0.470 e. The zero-order chi connectivity index (χ0) is 20.2. The molecule has 150 valence electrons. The average molecular weight is 392 g/mol. The van der Waals surface area contributed by atoms with Gasteiger partial charge in [0.25, 0.3) is 0 Å². The molecule has 0 atom stereocenters. The van der Waals surface area contributed by atoms with Crippen molar-refractivity contribution in [1.29, 1.82) is 0 Å². The maximum atomic E-state index is 11.9.